The smallest absolute Gasteiger partial charge is 0.258 e. The second-order valence-corrected chi connectivity index (χ2v) is 6.56. The van der Waals surface area contributed by atoms with Crippen LogP contribution in [0.25, 0.3) is 0 Å². The maximum absolute atomic E-state index is 12.2. The fourth-order valence-corrected chi connectivity index (χ4v) is 4.01. The first-order chi connectivity index (χ1) is 12.0. The standard InChI is InChI=1S/C16H16N2O6S/c19-6-9-8-25-15-12(14(21)18(15)13(9)16(22)23)17-11(20)7-24-10-4-2-1-3-5-10/h1-5,12,15,19H,6-8H2,(H,17,20)(H,22,23)/p-1. The Morgan fingerprint density at radius 1 is 1.36 bits per heavy atom. The van der Waals surface area contributed by atoms with Crippen molar-refractivity contribution in [1.82, 2.24) is 10.2 Å². The van der Waals surface area contributed by atoms with Gasteiger partial charge in [-0.3, -0.25) is 14.5 Å². The SMILES string of the molecule is O=C(COc1ccccc1)NC1C(=O)N2C(C(=O)[O-])=C(CO)CSC12. The van der Waals surface area contributed by atoms with E-state index < -0.39 is 35.8 Å². The van der Waals surface area contributed by atoms with Crippen molar-refractivity contribution < 1.29 is 29.3 Å². The molecule has 25 heavy (non-hydrogen) atoms. The van der Waals surface area contributed by atoms with E-state index in [1.54, 1.807) is 24.3 Å². The molecule has 1 saturated heterocycles. The Hall–Kier alpha value is -2.52. The van der Waals surface area contributed by atoms with E-state index in [4.69, 9.17) is 4.74 Å². The summed E-state index contributed by atoms with van der Waals surface area (Å²) in [6.45, 7) is -0.717. The number of aliphatic hydroxyl groups is 1. The molecule has 0 spiro atoms. The summed E-state index contributed by atoms with van der Waals surface area (Å²) in [5.74, 6) is -1.76. The molecule has 0 bridgehead atoms. The van der Waals surface area contributed by atoms with Gasteiger partial charge >= 0.3 is 0 Å². The minimum absolute atomic E-state index is 0.229. The lowest BCUT2D eigenvalue weighted by Gasteiger charge is -2.50. The zero-order chi connectivity index (χ0) is 18.0. The third kappa shape index (κ3) is 3.33. The highest BCUT2D eigenvalue weighted by Crippen LogP contribution is 2.39. The fourth-order valence-electron chi connectivity index (χ4n) is 2.67. The number of carbonyl (C=O) groups is 3. The number of β-lactam (4-membered cyclic amide) rings is 1. The number of amides is 2. The largest absolute Gasteiger partial charge is 0.543 e. The number of aliphatic carboxylic acids is 1. The first kappa shape index (κ1) is 17.3. The average molecular weight is 363 g/mol. The number of nitrogens with zero attached hydrogens (tertiary/aromatic N) is 1. The van der Waals surface area contributed by atoms with Crippen molar-refractivity contribution >= 4 is 29.5 Å². The lowest BCUT2D eigenvalue weighted by molar-refractivity contribution is -0.301. The van der Waals surface area contributed by atoms with Crippen LogP contribution in [0.5, 0.6) is 5.75 Å². The topological polar surface area (TPSA) is 119 Å². The van der Waals surface area contributed by atoms with Crippen molar-refractivity contribution in [3.63, 3.8) is 0 Å². The number of aliphatic hydroxyl groups excluding tert-OH is 1. The number of hydrogen-bond donors (Lipinski definition) is 2. The molecule has 0 radical (unpaired) electrons. The molecule has 1 aromatic carbocycles. The molecule has 2 aliphatic rings. The first-order valence-corrected chi connectivity index (χ1v) is 8.54. The van der Waals surface area contributed by atoms with Gasteiger partial charge in [0.05, 0.1) is 18.3 Å². The van der Waals surface area contributed by atoms with Gasteiger partial charge in [-0.25, -0.2) is 0 Å². The van der Waals surface area contributed by atoms with Crippen LogP contribution in [0, 0.1) is 0 Å². The number of fused-ring (bicyclic) bond motifs is 1. The molecule has 2 N–H and O–H groups in total. The Morgan fingerprint density at radius 2 is 2.08 bits per heavy atom. The summed E-state index contributed by atoms with van der Waals surface area (Å²) in [5, 5.41) is 22.5. The van der Waals surface area contributed by atoms with Crippen LogP contribution in [0.4, 0.5) is 0 Å². The lowest BCUT2D eigenvalue weighted by atomic mass is 10.0. The van der Waals surface area contributed by atoms with E-state index in [2.05, 4.69) is 5.32 Å². The van der Waals surface area contributed by atoms with E-state index in [9.17, 15) is 24.6 Å². The predicted molar refractivity (Wildman–Crippen MR) is 86.1 cm³/mol. The molecule has 132 valence electrons. The number of nitrogens with one attached hydrogen (secondary N) is 1. The third-order valence-electron chi connectivity index (χ3n) is 3.86. The molecule has 2 atom stereocenters. The van der Waals surface area contributed by atoms with Crippen LogP contribution in [0.1, 0.15) is 0 Å². The maximum atomic E-state index is 12.2. The number of ether oxygens (including phenoxy) is 1. The molecule has 9 heteroatoms. The van der Waals surface area contributed by atoms with Crippen molar-refractivity contribution in [1.29, 1.82) is 0 Å². The van der Waals surface area contributed by atoms with Crippen molar-refractivity contribution in [2.45, 2.75) is 11.4 Å². The van der Waals surface area contributed by atoms with Gasteiger partial charge in [-0.2, -0.15) is 0 Å². The van der Waals surface area contributed by atoms with Gasteiger partial charge < -0.3 is 25.1 Å². The molecule has 2 aliphatic heterocycles. The highest BCUT2D eigenvalue weighted by molar-refractivity contribution is 8.00. The first-order valence-electron chi connectivity index (χ1n) is 7.49. The molecule has 2 unspecified atom stereocenters. The maximum Gasteiger partial charge on any atom is 0.258 e. The number of carboxylic acids is 1. The predicted octanol–water partition coefficient (Wildman–Crippen LogP) is -1.54. The molecule has 1 fully saturated rings. The highest BCUT2D eigenvalue weighted by atomic mass is 32.2. The number of benzene rings is 1. The second kappa shape index (κ2) is 7.16. The Kier molecular flexibility index (Phi) is 4.95. The molecular weight excluding hydrogens is 348 g/mol. The van der Waals surface area contributed by atoms with E-state index in [0.717, 1.165) is 4.90 Å². The Labute approximate surface area is 147 Å². The minimum atomic E-state index is -1.51. The normalized spacial score (nSPS) is 22.1. The van der Waals surface area contributed by atoms with Gasteiger partial charge in [-0.1, -0.05) is 18.2 Å². The summed E-state index contributed by atoms with van der Waals surface area (Å²) in [5.41, 5.74) is -0.0749. The van der Waals surface area contributed by atoms with Crippen molar-refractivity contribution in [3.05, 3.63) is 41.6 Å². The molecule has 0 saturated carbocycles. The van der Waals surface area contributed by atoms with Crippen LogP contribution < -0.4 is 15.2 Å². The van der Waals surface area contributed by atoms with Crippen molar-refractivity contribution in [2.24, 2.45) is 0 Å². The highest BCUT2D eigenvalue weighted by Gasteiger charge is 2.52. The van der Waals surface area contributed by atoms with Crippen LogP contribution in [0.3, 0.4) is 0 Å². The van der Waals surface area contributed by atoms with E-state index in [0.29, 0.717) is 5.75 Å². The molecule has 8 nitrogen and oxygen atoms in total. The molecule has 2 amide bonds. The zero-order valence-electron chi connectivity index (χ0n) is 13.0. The quantitative estimate of drug-likeness (QED) is 0.588. The van der Waals surface area contributed by atoms with Gasteiger partial charge in [0.25, 0.3) is 11.8 Å². The summed E-state index contributed by atoms with van der Waals surface area (Å²) in [4.78, 5) is 36.5. The summed E-state index contributed by atoms with van der Waals surface area (Å²) in [7, 11) is 0. The van der Waals surface area contributed by atoms with Crippen LogP contribution in [0.15, 0.2) is 41.6 Å². The summed E-state index contributed by atoms with van der Waals surface area (Å²) >= 11 is 1.28. The lowest BCUT2D eigenvalue weighted by Crippen LogP contribution is -2.71. The van der Waals surface area contributed by atoms with Gasteiger partial charge in [0, 0.05) is 5.75 Å². The molecule has 0 aromatic heterocycles. The van der Waals surface area contributed by atoms with E-state index in [1.807, 2.05) is 6.07 Å². The van der Waals surface area contributed by atoms with Gasteiger partial charge in [0.2, 0.25) is 0 Å². The van der Waals surface area contributed by atoms with Crippen LogP contribution >= 0.6 is 11.8 Å². The monoisotopic (exact) mass is 363 g/mol. The van der Waals surface area contributed by atoms with Crippen LogP contribution in [0.2, 0.25) is 0 Å². The number of carboxylic acid groups (broad SMARTS) is 1. The van der Waals surface area contributed by atoms with Gasteiger partial charge in [-0.05, 0) is 17.7 Å². The van der Waals surface area contributed by atoms with Gasteiger partial charge in [0.15, 0.2) is 6.61 Å². The number of carbonyl (C=O) groups excluding carboxylic acids is 3. The van der Waals surface area contributed by atoms with Crippen molar-refractivity contribution in [2.75, 3.05) is 19.0 Å². The van der Waals surface area contributed by atoms with E-state index in [1.165, 1.54) is 11.8 Å². The minimum Gasteiger partial charge on any atom is -0.543 e. The molecule has 3 rings (SSSR count). The molecule has 1 aromatic rings. The molecular formula is C16H15N2O6S-. The fraction of sp³-hybridized carbons (Fsp3) is 0.312. The molecule has 0 aliphatic carbocycles. The average Bonchev–Trinajstić information content (AvgIpc) is 2.63. The summed E-state index contributed by atoms with van der Waals surface area (Å²) in [6, 6.07) is 7.93. The number of thioether (sulfide) groups is 1. The Bertz CT molecular complexity index is 735. The Balaban J connectivity index is 1.61. The van der Waals surface area contributed by atoms with E-state index in [-0.39, 0.29) is 23.6 Å². The molecule has 2 heterocycles. The number of para-hydroxylation sites is 1. The van der Waals surface area contributed by atoms with E-state index >= 15 is 0 Å². The van der Waals surface area contributed by atoms with Crippen LogP contribution in [-0.2, 0) is 14.4 Å². The summed E-state index contributed by atoms with van der Waals surface area (Å²) in [6.07, 6.45) is 0. The Morgan fingerprint density at radius 3 is 2.72 bits per heavy atom. The zero-order valence-corrected chi connectivity index (χ0v) is 13.8. The van der Waals surface area contributed by atoms with Crippen LogP contribution in [-0.4, -0.2) is 58.2 Å². The second-order valence-electron chi connectivity index (χ2n) is 5.45. The van der Waals surface area contributed by atoms with Crippen molar-refractivity contribution in [3.8, 4) is 5.75 Å². The van der Waals surface area contributed by atoms with Gasteiger partial charge in [-0.15, -0.1) is 11.8 Å². The number of rotatable bonds is 6. The van der Waals surface area contributed by atoms with Gasteiger partial charge in [0.1, 0.15) is 17.2 Å². The number of hydrogen-bond acceptors (Lipinski definition) is 7. The summed E-state index contributed by atoms with van der Waals surface area (Å²) < 4.78 is 5.31. The third-order valence-corrected chi connectivity index (χ3v) is 5.20.